The highest BCUT2D eigenvalue weighted by molar-refractivity contribution is 7.00. The zero-order chi connectivity index (χ0) is 25.6. The third kappa shape index (κ3) is 2.17. The minimum atomic E-state index is -0.0607. The Morgan fingerprint density at radius 1 is 0.500 bits per heavy atom. The van der Waals surface area contributed by atoms with Gasteiger partial charge < -0.3 is 4.57 Å². The second kappa shape index (κ2) is 6.50. The highest BCUT2D eigenvalue weighted by Crippen LogP contribution is 2.46. The van der Waals surface area contributed by atoms with Crippen LogP contribution in [-0.2, 0) is 10.8 Å². The summed E-state index contributed by atoms with van der Waals surface area (Å²) >= 11 is 0. The first-order valence-electron chi connectivity index (χ1n) is 13.8. The molecule has 0 fully saturated rings. The van der Waals surface area contributed by atoms with Crippen molar-refractivity contribution >= 4 is 44.9 Å². The number of rotatable bonds is 1. The SMILES string of the molecule is CC1(C)c2cccc3c2B2c4c1cccc4C(C)(C)c1ccc4c5cccc(-c6ccccc6)c5n-3c4c12. The topological polar surface area (TPSA) is 4.93 Å². The number of benzene rings is 5. The van der Waals surface area contributed by atoms with Crippen molar-refractivity contribution in [3.63, 3.8) is 0 Å². The first-order chi connectivity index (χ1) is 18.4. The number of hydrogen-bond donors (Lipinski definition) is 0. The van der Waals surface area contributed by atoms with Gasteiger partial charge in [-0.25, -0.2) is 0 Å². The summed E-state index contributed by atoms with van der Waals surface area (Å²) in [5.74, 6) is 0. The fraction of sp³-hybridized carbons (Fsp3) is 0.167. The molecule has 0 radical (unpaired) electrons. The van der Waals surface area contributed by atoms with E-state index >= 15 is 0 Å². The summed E-state index contributed by atoms with van der Waals surface area (Å²) in [5.41, 5.74) is 17.1. The summed E-state index contributed by atoms with van der Waals surface area (Å²) in [6, 6.07) is 36.8. The zero-order valence-electron chi connectivity index (χ0n) is 22.3. The second-order valence-corrected chi connectivity index (χ2v) is 12.5. The molecule has 38 heavy (non-hydrogen) atoms. The lowest BCUT2D eigenvalue weighted by Gasteiger charge is -2.48. The second-order valence-electron chi connectivity index (χ2n) is 12.5. The van der Waals surface area contributed by atoms with Crippen LogP contribution in [-0.4, -0.2) is 11.3 Å². The van der Waals surface area contributed by atoms with E-state index in [2.05, 4.69) is 129 Å². The lowest BCUT2D eigenvalue weighted by atomic mass is 9.26. The summed E-state index contributed by atoms with van der Waals surface area (Å²) in [4.78, 5) is 0. The molecule has 4 heterocycles. The Labute approximate surface area is 223 Å². The molecule has 5 aromatic carbocycles. The van der Waals surface area contributed by atoms with E-state index < -0.39 is 0 Å². The van der Waals surface area contributed by atoms with Crippen LogP contribution < -0.4 is 16.4 Å². The van der Waals surface area contributed by atoms with E-state index in [0.29, 0.717) is 0 Å². The molecule has 3 aliphatic rings. The maximum Gasteiger partial charge on any atom is 0.248 e. The van der Waals surface area contributed by atoms with Crippen LogP contribution >= 0.6 is 0 Å². The monoisotopic (exact) mass is 485 g/mol. The van der Waals surface area contributed by atoms with Crippen molar-refractivity contribution in [1.82, 2.24) is 4.57 Å². The standard InChI is InChI=1S/C36H28BN/c1-35(2)25-15-9-16-26-30(25)37-31-27(35)17-10-18-29(31)38-33-22(21-11-6-5-7-12-21)13-8-14-23(33)24-19-20-28(36(26,3)4)32(37)34(24)38/h5-20H,1-4H3. The molecule has 0 aliphatic carbocycles. The highest BCUT2D eigenvalue weighted by atomic mass is 15.0. The van der Waals surface area contributed by atoms with Crippen molar-refractivity contribution in [2.75, 3.05) is 0 Å². The predicted molar refractivity (Wildman–Crippen MR) is 162 cm³/mol. The predicted octanol–water partition coefficient (Wildman–Crippen LogP) is 6.56. The summed E-state index contributed by atoms with van der Waals surface area (Å²) in [7, 11) is 0. The van der Waals surface area contributed by atoms with Crippen molar-refractivity contribution in [3.05, 3.63) is 119 Å². The average Bonchev–Trinajstić information content (AvgIpc) is 3.28. The van der Waals surface area contributed by atoms with Gasteiger partial charge in [-0.15, -0.1) is 0 Å². The molecular weight excluding hydrogens is 457 g/mol. The molecular formula is C36H28BN. The molecule has 1 nitrogen and oxygen atoms in total. The van der Waals surface area contributed by atoms with Crippen molar-refractivity contribution in [1.29, 1.82) is 0 Å². The Morgan fingerprint density at radius 3 is 1.84 bits per heavy atom. The molecule has 0 unspecified atom stereocenters. The number of aromatic nitrogens is 1. The minimum Gasteiger partial charge on any atom is -0.310 e. The van der Waals surface area contributed by atoms with E-state index in [0.717, 1.165) is 0 Å². The van der Waals surface area contributed by atoms with E-state index in [4.69, 9.17) is 0 Å². The molecule has 0 amide bonds. The quantitative estimate of drug-likeness (QED) is 0.232. The highest BCUT2D eigenvalue weighted by Gasteiger charge is 2.51. The van der Waals surface area contributed by atoms with Crippen LogP contribution in [0.4, 0.5) is 0 Å². The molecule has 9 rings (SSSR count). The van der Waals surface area contributed by atoms with Gasteiger partial charge in [0.05, 0.1) is 5.52 Å². The number of hydrogen-bond acceptors (Lipinski definition) is 0. The maximum absolute atomic E-state index is 2.63. The molecule has 0 N–H and O–H groups in total. The van der Waals surface area contributed by atoms with Gasteiger partial charge in [0.15, 0.2) is 0 Å². The third-order valence-corrected chi connectivity index (χ3v) is 10.1. The van der Waals surface area contributed by atoms with Crippen LogP contribution in [0.3, 0.4) is 0 Å². The lowest BCUT2D eigenvalue weighted by Crippen LogP contribution is -2.68. The molecule has 0 spiro atoms. The molecule has 1 aromatic heterocycles. The Morgan fingerprint density at radius 2 is 1.11 bits per heavy atom. The van der Waals surface area contributed by atoms with Crippen LogP contribution in [0.15, 0.2) is 97.1 Å². The third-order valence-electron chi connectivity index (χ3n) is 10.1. The fourth-order valence-electron chi connectivity index (χ4n) is 8.39. The number of fused-ring (bicyclic) bond motifs is 4. The normalized spacial score (nSPS) is 16.8. The van der Waals surface area contributed by atoms with Crippen molar-refractivity contribution in [2.45, 2.75) is 38.5 Å². The molecule has 0 bridgehead atoms. The molecule has 2 heteroatoms. The van der Waals surface area contributed by atoms with E-state index in [1.54, 1.807) is 5.46 Å². The van der Waals surface area contributed by atoms with Crippen LogP contribution in [0.2, 0.25) is 0 Å². The molecule has 6 aromatic rings. The largest absolute Gasteiger partial charge is 0.310 e. The molecule has 0 saturated carbocycles. The van der Waals surface area contributed by atoms with Gasteiger partial charge in [-0.05, 0) is 44.8 Å². The summed E-state index contributed by atoms with van der Waals surface area (Å²) < 4.78 is 2.63. The van der Waals surface area contributed by atoms with E-state index in [1.807, 2.05) is 0 Å². The van der Waals surface area contributed by atoms with E-state index in [-0.39, 0.29) is 17.5 Å². The maximum atomic E-state index is 2.63. The average molecular weight is 485 g/mol. The Hall–Kier alpha value is -4.04. The smallest absolute Gasteiger partial charge is 0.248 e. The van der Waals surface area contributed by atoms with Crippen LogP contribution in [0.25, 0.3) is 38.6 Å². The minimum absolute atomic E-state index is 0.0581. The summed E-state index contributed by atoms with van der Waals surface area (Å²) in [6.45, 7) is 10.0. The Bertz CT molecular complexity index is 2010. The van der Waals surface area contributed by atoms with E-state index in [1.165, 1.54) is 71.8 Å². The summed E-state index contributed by atoms with van der Waals surface area (Å²) in [6.07, 6.45) is 0. The van der Waals surface area contributed by atoms with Gasteiger partial charge in [-0.3, -0.25) is 0 Å². The van der Waals surface area contributed by atoms with Crippen LogP contribution in [0, 0.1) is 0 Å². The molecule has 0 saturated heterocycles. The lowest BCUT2D eigenvalue weighted by molar-refractivity contribution is 0.621. The first kappa shape index (κ1) is 21.0. The van der Waals surface area contributed by atoms with Crippen molar-refractivity contribution < 1.29 is 0 Å². The van der Waals surface area contributed by atoms with Crippen LogP contribution in [0.1, 0.15) is 49.9 Å². The Kier molecular flexibility index (Phi) is 3.59. The van der Waals surface area contributed by atoms with Gasteiger partial charge in [-0.1, -0.05) is 124 Å². The Balaban J connectivity index is 1.57. The summed E-state index contributed by atoms with van der Waals surface area (Å²) in [5, 5.41) is 2.71. The zero-order valence-corrected chi connectivity index (χ0v) is 22.3. The van der Waals surface area contributed by atoms with Gasteiger partial charge in [-0.2, -0.15) is 0 Å². The van der Waals surface area contributed by atoms with Gasteiger partial charge in [0, 0.05) is 38.4 Å². The molecule has 180 valence electrons. The van der Waals surface area contributed by atoms with Crippen molar-refractivity contribution in [3.8, 4) is 16.8 Å². The van der Waals surface area contributed by atoms with Gasteiger partial charge in [0.1, 0.15) is 0 Å². The van der Waals surface area contributed by atoms with Crippen LogP contribution in [0.5, 0.6) is 0 Å². The van der Waals surface area contributed by atoms with Gasteiger partial charge in [0.2, 0.25) is 6.71 Å². The first-order valence-corrected chi connectivity index (χ1v) is 13.8. The number of nitrogens with zero attached hydrogens (tertiary/aromatic N) is 1. The van der Waals surface area contributed by atoms with Gasteiger partial charge >= 0.3 is 0 Å². The van der Waals surface area contributed by atoms with Gasteiger partial charge in [0.25, 0.3) is 0 Å². The fourth-order valence-corrected chi connectivity index (χ4v) is 8.39. The molecule has 3 aliphatic heterocycles. The van der Waals surface area contributed by atoms with E-state index in [9.17, 15) is 0 Å². The molecule has 0 atom stereocenters. The van der Waals surface area contributed by atoms with Crippen molar-refractivity contribution in [2.24, 2.45) is 0 Å². The number of para-hydroxylation sites is 1.